The van der Waals surface area contributed by atoms with Crippen LogP contribution in [0.3, 0.4) is 0 Å². The van der Waals surface area contributed by atoms with Gasteiger partial charge in [0.1, 0.15) is 6.07 Å². The summed E-state index contributed by atoms with van der Waals surface area (Å²) in [6, 6.07) is 7.65. The number of nitrogens with one attached hydrogen (secondary N) is 1. The summed E-state index contributed by atoms with van der Waals surface area (Å²) in [5.41, 5.74) is 7.65. The lowest BCUT2D eigenvalue weighted by molar-refractivity contribution is 0.184. The molecule has 0 amide bonds. The molecule has 1 atom stereocenters. The Hall–Kier alpha value is -1.73. The van der Waals surface area contributed by atoms with Gasteiger partial charge < -0.3 is 15.8 Å². The van der Waals surface area contributed by atoms with Gasteiger partial charge in [0.25, 0.3) is 0 Å². The lowest BCUT2D eigenvalue weighted by Crippen LogP contribution is -2.23. The van der Waals surface area contributed by atoms with Crippen molar-refractivity contribution in [2.45, 2.75) is 19.4 Å². The first-order valence-electron chi connectivity index (χ1n) is 5.26. The Balaban J connectivity index is 2.74. The van der Waals surface area contributed by atoms with Gasteiger partial charge in [-0.05, 0) is 24.6 Å². The molecule has 0 fully saturated rings. The number of methoxy groups -OCH3 is 1. The number of ether oxygens (including phenoxy) is 1. The summed E-state index contributed by atoms with van der Waals surface area (Å²) < 4.78 is 5.10. The highest BCUT2D eigenvalue weighted by Gasteiger charge is 2.06. The Morgan fingerprint density at radius 1 is 1.56 bits per heavy atom. The van der Waals surface area contributed by atoms with Gasteiger partial charge in [0.05, 0.1) is 17.9 Å². The lowest BCUT2D eigenvalue weighted by atomic mass is 10.1. The lowest BCUT2D eigenvalue weighted by Gasteiger charge is -2.17. The third-order valence-electron chi connectivity index (χ3n) is 2.40. The maximum Gasteiger partial charge on any atom is 0.101 e. The van der Waals surface area contributed by atoms with Crippen molar-refractivity contribution in [2.75, 3.05) is 24.8 Å². The van der Waals surface area contributed by atoms with Crippen molar-refractivity contribution in [2.24, 2.45) is 0 Å². The van der Waals surface area contributed by atoms with Crippen LogP contribution in [0.2, 0.25) is 0 Å². The quantitative estimate of drug-likeness (QED) is 0.743. The van der Waals surface area contributed by atoms with Gasteiger partial charge in [-0.1, -0.05) is 6.92 Å². The molecule has 0 aliphatic rings. The van der Waals surface area contributed by atoms with Crippen LogP contribution in [-0.4, -0.2) is 19.8 Å². The van der Waals surface area contributed by atoms with Crippen molar-refractivity contribution in [3.8, 4) is 6.07 Å². The van der Waals surface area contributed by atoms with E-state index in [1.54, 1.807) is 19.2 Å². The molecule has 1 aromatic rings. The van der Waals surface area contributed by atoms with Gasteiger partial charge in [0.15, 0.2) is 0 Å². The maximum absolute atomic E-state index is 8.75. The first-order chi connectivity index (χ1) is 7.71. The summed E-state index contributed by atoms with van der Waals surface area (Å²) in [6.07, 6.45) is 0.966. The number of benzene rings is 1. The van der Waals surface area contributed by atoms with E-state index < -0.39 is 0 Å². The predicted octanol–water partition coefficient (Wildman–Crippen LogP) is 1.98. The third-order valence-corrected chi connectivity index (χ3v) is 2.40. The molecule has 0 saturated heterocycles. The van der Waals surface area contributed by atoms with Gasteiger partial charge in [-0.25, -0.2) is 0 Å². The highest BCUT2D eigenvalue weighted by Crippen LogP contribution is 2.18. The third kappa shape index (κ3) is 3.14. The fraction of sp³-hybridized carbons (Fsp3) is 0.417. The van der Waals surface area contributed by atoms with E-state index in [4.69, 9.17) is 15.7 Å². The number of nitrogens with two attached hydrogens (primary N) is 1. The minimum Gasteiger partial charge on any atom is -0.398 e. The maximum atomic E-state index is 8.75. The monoisotopic (exact) mass is 219 g/mol. The molecule has 0 aliphatic carbocycles. The van der Waals surface area contributed by atoms with E-state index in [1.165, 1.54) is 0 Å². The zero-order chi connectivity index (χ0) is 12.0. The fourth-order valence-electron chi connectivity index (χ4n) is 1.45. The summed E-state index contributed by atoms with van der Waals surface area (Å²) in [5.74, 6) is 0. The van der Waals surface area contributed by atoms with E-state index in [1.807, 2.05) is 12.1 Å². The van der Waals surface area contributed by atoms with E-state index in [0.717, 1.165) is 12.1 Å². The van der Waals surface area contributed by atoms with Crippen molar-refractivity contribution >= 4 is 11.4 Å². The molecule has 0 aromatic heterocycles. The minimum absolute atomic E-state index is 0.261. The van der Waals surface area contributed by atoms with Crippen LogP contribution in [0, 0.1) is 11.3 Å². The van der Waals surface area contributed by atoms with E-state index in [9.17, 15) is 0 Å². The van der Waals surface area contributed by atoms with E-state index in [2.05, 4.69) is 12.2 Å². The molecule has 0 radical (unpaired) electrons. The van der Waals surface area contributed by atoms with Crippen molar-refractivity contribution in [1.82, 2.24) is 0 Å². The second-order valence-electron chi connectivity index (χ2n) is 3.62. The van der Waals surface area contributed by atoms with Crippen LogP contribution in [0.5, 0.6) is 0 Å². The standard InChI is InChI=1S/C12H17N3O/c1-3-10(8-16-2)15-11-5-4-9(7-13)12(14)6-11/h4-6,10,15H,3,8,14H2,1-2H3. The van der Waals surface area contributed by atoms with Gasteiger partial charge >= 0.3 is 0 Å². The Morgan fingerprint density at radius 3 is 2.81 bits per heavy atom. The number of hydrogen-bond donors (Lipinski definition) is 2. The molecule has 4 heteroatoms. The largest absolute Gasteiger partial charge is 0.398 e. The van der Waals surface area contributed by atoms with Crippen molar-refractivity contribution < 1.29 is 4.74 Å². The zero-order valence-corrected chi connectivity index (χ0v) is 9.66. The Labute approximate surface area is 96.0 Å². The van der Waals surface area contributed by atoms with Gasteiger partial charge in [-0.3, -0.25) is 0 Å². The van der Waals surface area contributed by atoms with E-state index in [-0.39, 0.29) is 6.04 Å². The molecule has 86 valence electrons. The van der Waals surface area contributed by atoms with Crippen molar-refractivity contribution in [3.63, 3.8) is 0 Å². The molecule has 1 rings (SSSR count). The van der Waals surface area contributed by atoms with Crippen LogP contribution in [0.1, 0.15) is 18.9 Å². The molecular weight excluding hydrogens is 202 g/mol. The van der Waals surface area contributed by atoms with Gasteiger partial charge in [0.2, 0.25) is 0 Å². The molecule has 0 bridgehead atoms. The summed E-state index contributed by atoms with van der Waals surface area (Å²) in [7, 11) is 1.68. The second kappa shape index (κ2) is 5.99. The number of nitrogens with zero attached hydrogens (tertiary/aromatic N) is 1. The Kier molecular flexibility index (Phi) is 4.62. The number of nitrogen functional groups attached to an aromatic ring is 1. The number of rotatable bonds is 5. The van der Waals surface area contributed by atoms with Gasteiger partial charge in [0, 0.05) is 18.8 Å². The average molecular weight is 219 g/mol. The SMILES string of the molecule is CCC(COC)Nc1ccc(C#N)c(N)c1. The molecule has 0 heterocycles. The zero-order valence-electron chi connectivity index (χ0n) is 9.66. The molecule has 16 heavy (non-hydrogen) atoms. The number of anilines is 2. The van der Waals surface area contributed by atoms with Crippen molar-refractivity contribution in [3.05, 3.63) is 23.8 Å². The topological polar surface area (TPSA) is 71.1 Å². The average Bonchev–Trinajstić information content (AvgIpc) is 2.28. The smallest absolute Gasteiger partial charge is 0.101 e. The Morgan fingerprint density at radius 2 is 2.31 bits per heavy atom. The van der Waals surface area contributed by atoms with Crippen LogP contribution in [0.15, 0.2) is 18.2 Å². The summed E-state index contributed by atoms with van der Waals surface area (Å²) >= 11 is 0. The number of nitriles is 1. The molecule has 4 nitrogen and oxygen atoms in total. The van der Waals surface area contributed by atoms with Crippen LogP contribution >= 0.6 is 0 Å². The number of hydrogen-bond acceptors (Lipinski definition) is 4. The fourth-order valence-corrected chi connectivity index (χ4v) is 1.45. The molecule has 0 spiro atoms. The normalized spacial score (nSPS) is 11.8. The minimum atomic E-state index is 0.261. The van der Waals surface area contributed by atoms with E-state index >= 15 is 0 Å². The van der Waals surface area contributed by atoms with E-state index in [0.29, 0.717) is 17.9 Å². The second-order valence-corrected chi connectivity index (χ2v) is 3.62. The molecule has 1 unspecified atom stereocenters. The van der Waals surface area contributed by atoms with Crippen LogP contribution in [-0.2, 0) is 4.74 Å². The van der Waals surface area contributed by atoms with Crippen LogP contribution in [0.25, 0.3) is 0 Å². The highest BCUT2D eigenvalue weighted by molar-refractivity contribution is 5.62. The summed E-state index contributed by atoms with van der Waals surface area (Å²) in [4.78, 5) is 0. The summed E-state index contributed by atoms with van der Waals surface area (Å²) in [6.45, 7) is 2.74. The predicted molar refractivity (Wildman–Crippen MR) is 65.1 cm³/mol. The van der Waals surface area contributed by atoms with Gasteiger partial charge in [-0.15, -0.1) is 0 Å². The molecular formula is C12H17N3O. The molecule has 3 N–H and O–H groups in total. The van der Waals surface area contributed by atoms with Gasteiger partial charge in [-0.2, -0.15) is 5.26 Å². The highest BCUT2D eigenvalue weighted by atomic mass is 16.5. The first kappa shape index (κ1) is 12.3. The summed E-state index contributed by atoms with van der Waals surface area (Å²) in [5, 5.41) is 12.1. The molecule has 0 aliphatic heterocycles. The van der Waals surface area contributed by atoms with Crippen molar-refractivity contribution in [1.29, 1.82) is 5.26 Å². The molecule has 1 aromatic carbocycles. The van der Waals surface area contributed by atoms with Crippen LogP contribution < -0.4 is 11.1 Å². The first-order valence-corrected chi connectivity index (χ1v) is 5.26. The van der Waals surface area contributed by atoms with Crippen LogP contribution in [0.4, 0.5) is 11.4 Å². The molecule has 0 saturated carbocycles. The Bertz CT molecular complexity index is 384.